The largest absolute Gasteiger partial charge is 0.253 e. The Kier molecular flexibility index (Phi) is 9.26. The van der Waals surface area contributed by atoms with E-state index in [9.17, 15) is 16.8 Å². The summed E-state index contributed by atoms with van der Waals surface area (Å²) < 4.78 is 54.9. The summed E-state index contributed by atoms with van der Waals surface area (Å²) in [6.45, 7) is 8.11. The van der Waals surface area contributed by atoms with Crippen LogP contribution in [-0.2, 0) is 20.0 Å². The fourth-order valence-electron chi connectivity index (χ4n) is 2.49. The van der Waals surface area contributed by atoms with Gasteiger partial charge in [-0.25, -0.2) is 16.8 Å². The quantitative estimate of drug-likeness (QED) is 0.327. The number of benzene rings is 2. The third-order valence-electron chi connectivity index (χ3n) is 4.19. The summed E-state index contributed by atoms with van der Waals surface area (Å²) in [4.78, 5) is 0.385. The molecule has 0 fully saturated rings. The van der Waals surface area contributed by atoms with Crippen LogP contribution in [0.1, 0.15) is 37.8 Å². The van der Waals surface area contributed by atoms with E-state index in [-0.39, 0.29) is 22.9 Å². The molecule has 0 unspecified atom stereocenters. The van der Waals surface area contributed by atoms with Crippen molar-refractivity contribution in [2.45, 2.75) is 50.3 Å². The van der Waals surface area contributed by atoms with Crippen LogP contribution in [0, 0.1) is 13.8 Å². The number of nitrogens with zero attached hydrogens (tertiary/aromatic N) is 2. The summed E-state index contributed by atoms with van der Waals surface area (Å²) in [6.07, 6.45) is 1.22. The van der Waals surface area contributed by atoms with Crippen LogP contribution in [0.3, 0.4) is 0 Å². The molecule has 166 valence electrons. The van der Waals surface area contributed by atoms with Gasteiger partial charge >= 0.3 is 0 Å². The van der Waals surface area contributed by atoms with Crippen molar-refractivity contribution in [3.05, 3.63) is 59.7 Å². The molecule has 10 heteroatoms. The molecule has 0 aliphatic rings. The summed E-state index contributed by atoms with van der Waals surface area (Å²) in [5.74, 6) is 0. The summed E-state index contributed by atoms with van der Waals surface area (Å²) in [5, 5.41) is 0. The van der Waals surface area contributed by atoms with Crippen molar-refractivity contribution in [2.24, 2.45) is 0 Å². The molecule has 0 saturated heterocycles. The van der Waals surface area contributed by atoms with Gasteiger partial charge in [-0.2, -0.15) is 0 Å². The lowest BCUT2D eigenvalue weighted by molar-refractivity contribution is 0.536. The van der Waals surface area contributed by atoms with Gasteiger partial charge in [0.1, 0.15) is 0 Å². The van der Waals surface area contributed by atoms with E-state index in [0.717, 1.165) is 33.1 Å². The monoisotopic (exact) mass is 488 g/mol. The molecular formula is C20H28N2O4S4. The van der Waals surface area contributed by atoms with Gasteiger partial charge in [-0.05, 0) is 51.0 Å². The Balaban J connectivity index is 2.26. The molecule has 30 heavy (non-hydrogen) atoms. The molecule has 0 spiro atoms. The zero-order valence-corrected chi connectivity index (χ0v) is 20.9. The zero-order valence-electron chi connectivity index (χ0n) is 17.6. The van der Waals surface area contributed by atoms with Crippen molar-refractivity contribution < 1.29 is 16.8 Å². The first kappa shape index (κ1) is 25.2. The molecule has 0 heterocycles. The Bertz CT molecular complexity index is 936. The van der Waals surface area contributed by atoms with Gasteiger partial charge in [0.05, 0.1) is 9.79 Å². The van der Waals surface area contributed by atoms with Crippen LogP contribution >= 0.6 is 22.0 Å². The van der Waals surface area contributed by atoms with Crippen LogP contribution in [-0.4, -0.2) is 37.3 Å². The summed E-state index contributed by atoms with van der Waals surface area (Å²) in [6, 6.07) is 13.3. The summed E-state index contributed by atoms with van der Waals surface area (Å²) in [5.41, 5.74) is 1.94. The summed E-state index contributed by atoms with van der Waals surface area (Å²) in [7, 11) is -5.64. The third kappa shape index (κ3) is 6.24. The molecule has 0 aliphatic carbocycles. The highest BCUT2D eigenvalue weighted by atomic mass is 33.1. The first-order valence-electron chi connectivity index (χ1n) is 9.66. The second kappa shape index (κ2) is 11.0. The van der Waals surface area contributed by atoms with Gasteiger partial charge in [0.25, 0.3) is 20.0 Å². The van der Waals surface area contributed by atoms with Crippen LogP contribution in [0.5, 0.6) is 0 Å². The smallest absolute Gasteiger partial charge is 0.206 e. The van der Waals surface area contributed by atoms with Crippen LogP contribution in [0.2, 0.25) is 0 Å². The lowest BCUT2D eigenvalue weighted by Crippen LogP contribution is -2.28. The Hall–Kier alpha value is -1.04. The van der Waals surface area contributed by atoms with Gasteiger partial charge in [0.2, 0.25) is 0 Å². The average Bonchev–Trinajstić information content (AvgIpc) is 2.70. The molecule has 2 aromatic rings. The second-order valence-corrected chi connectivity index (χ2v) is 13.1. The Morgan fingerprint density at radius 3 is 1.20 bits per heavy atom. The number of sulfonamides is 2. The number of hydrogen-bond acceptors (Lipinski definition) is 6. The van der Waals surface area contributed by atoms with E-state index in [1.54, 1.807) is 48.5 Å². The maximum absolute atomic E-state index is 13.1. The van der Waals surface area contributed by atoms with E-state index < -0.39 is 20.0 Å². The molecule has 0 aliphatic heterocycles. The van der Waals surface area contributed by atoms with Gasteiger partial charge in [0.15, 0.2) is 0 Å². The SMILES string of the molecule is CCCN(SSN(CCC)S(=O)(=O)c1ccc(C)cc1)S(=O)(=O)c1ccc(C)cc1. The highest BCUT2D eigenvalue weighted by Gasteiger charge is 2.30. The van der Waals surface area contributed by atoms with Crippen LogP contribution in [0.25, 0.3) is 0 Å². The lowest BCUT2D eigenvalue weighted by atomic mass is 10.2. The highest BCUT2D eigenvalue weighted by molar-refractivity contribution is 8.76. The minimum Gasteiger partial charge on any atom is -0.206 e. The molecule has 0 bridgehead atoms. The molecule has 0 saturated carbocycles. The van der Waals surface area contributed by atoms with Crippen molar-refractivity contribution in [1.82, 2.24) is 7.42 Å². The number of hydrogen-bond donors (Lipinski definition) is 0. The average molecular weight is 489 g/mol. The Morgan fingerprint density at radius 1 is 0.633 bits per heavy atom. The van der Waals surface area contributed by atoms with Crippen LogP contribution in [0.15, 0.2) is 58.3 Å². The van der Waals surface area contributed by atoms with Crippen LogP contribution in [0.4, 0.5) is 0 Å². The predicted molar refractivity (Wildman–Crippen MR) is 126 cm³/mol. The topological polar surface area (TPSA) is 74.8 Å². The van der Waals surface area contributed by atoms with Gasteiger partial charge in [0, 0.05) is 35.0 Å². The fourth-order valence-corrected chi connectivity index (χ4v) is 9.41. The molecule has 0 aromatic heterocycles. The maximum atomic E-state index is 13.1. The number of aryl methyl sites for hydroxylation is 2. The first-order chi connectivity index (χ1) is 14.1. The Labute approximate surface area is 188 Å². The second-order valence-electron chi connectivity index (χ2n) is 6.84. The number of rotatable bonds is 11. The molecule has 6 nitrogen and oxygen atoms in total. The maximum Gasteiger partial charge on any atom is 0.253 e. The van der Waals surface area contributed by atoms with Gasteiger partial charge < -0.3 is 0 Å². The summed E-state index contributed by atoms with van der Waals surface area (Å²) >= 11 is 0. The molecule has 0 N–H and O–H groups in total. The van der Waals surface area contributed by atoms with Crippen molar-refractivity contribution >= 4 is 42.0 Å². The zero-order chi connectivity index (χ0) is 22.4. The van der Waals surface area contributed by atoms with E-state index in [1.807, 2.05) is 27.7 Å². The van der Waals surface area contributed by atoms with E-state index >= 15 is 0 Å². The molecule has 0 radical (unpaired) electrons. The van der Waals surface area contributed by atoms with Gasteiger partial charge in [-0.3, -0.25) is 0 Å². The van der Waals surface area contributed by atoms with E-state index in [0.29, 0.717) is 12.8 Å². The standard InChI is InChI=1S/C20H28N2O4S4/c1-5-15-21(29(23,24)19-11-7-17(3)8-12-19)27-28-22(16-6-2)30(25,26)20-13-9-18(4)10-14-20/h7-14H,5-6,15-16H2,1-4H3. The van der Waals surface area contributed by atoms with Crippen molar-refractivity contribution in [3.8, 4) is 0 Å². The van der Waals surface area contributed by atoms with E-state index in [1.165, 1.54) is 7.42 Å². The van der Waals surface area contributed by atoms with Crippen molar-refractivity contribution in [1.29, 1.82) is 0 Å². The molecule has 2 aromatic carbocycles. The van der Waals surface area contributed by atoms with Crippen LogP contribution < -0.4 is 0 Å². The predicted octanol–water partition coefficient (Wildman–Crippen LogP) is 5.02. The molecular weight excluding hydrogens is 460 g/mol. The minimum absolute atomic E-state index is 0.193. The lowest BCUT2D eigenvalue weighted by Gasteiger charge is -2.24. The van der Waals surface area contributed by atoms with E-state index in [2.05, 4.69) is 0 Å². The van der Waals surface area contributed by atoms with Gasteiger partial charge in [-0.15, -0.1) is 7.42 Å². The normalized spacial score (nSPS) is 12.6. The fraction of sp³-hybridized carbons (Fsp3) is 0.400. The molecule has 2 rings (SSSR count). The first-order valence-corrected chi connectivity index (χ1v) is 14.6. The highest BCUT2D eigenvalue weighted by Crippen LogP contribution is 2.38. The van der Waals surface area contributed by atoms with Gasteiger partial charge in [-0.1, -0.05) is 49.2 Å². The van der Waals surface area contributed by atoms with Crippen molar-refractivity contribution in [3.63, 3.8) is 0 Å². The Morgan fingerprint density at radius 2 is 0.933 bits per heavy atom. The molecule has 0 amide bonds. The van der Waals surface area contributed by atoms with Crippen molar-refractivity contribution in [2.75, 3.05) is 13.1 Å². The third-order valence-corrected chi connectivity index (χ3v) is 11.6. The molecule has 0 atom stereocenters. The van der Waals surface area contributed by atoms with E-state index in [4.69, 9.17) is 0 Å². The minimum atomic E-state index is -3.75.